The molecule has 1 atom stereocenters. The van der Waals surface area contributed by atoms with Gasteiger partial charge in [-0.15, -0.1) is 0 Å². The molecule has 28 heavy (non-hydrogen) atoms. The second-order valence-corrected chi connectivity index (χ2v) is 10.9. The molecule has 1 fully saturated rings. The summed E-state index contributed by atoms with van der Waals surface area (Å²) in [5, 5.41) is -0.469. The van der Waals surface area contributed by atoms with Crippen molar-refractivity contribution in [3.63, 3.8) is 0 Å². The summed E-state index contributed by atoms with van der Waals surface area (Å²) in [7, 11) is -7.73. The maximum Gasteiger partial charge on any atom is 0.243 e. The Morgan fingerprint density at radius 2 is 1.75 bits per heavy atom. The first-order valence-corrected chi connectivity index (χ1v) is 11.9. The zero-order valence-electron chi connectivity index (χ0n) is 15.0. The molecule has 1 aliphatic heterocycles. The van der Waals surface area contributed by atoms with Crippen LogP contribution in [0.2, 0.25) is 5.02 Å². The van der Waals surface area contributed by atoms with Crippen molar-refractivity contribution in [2.24, 2.45) is 0 Å². The maximum atomic E-state index is 14.1. The molecular weight excluding hydrogens is 429 g/mol. The van der Waals surface area contributed by atoms with E-state index in [1.807, 2.05) is 0 Å². The van der Waals surface area contributed by atoms with Crippen LogP contribution in [0.15, 0.2) is 52.3 Å². The van der Waals surface area contributed by atoms with E-state index >= 15 is 0 Å². The van der Waals surface area contributed by atoms with Gasteiger partial charge in [0.25, 0.3) is 0 Å². The minimum atomic E-state index is -4.02. The van der Waals surface area contributed by atoms with Crippen molar-refractivity contribution in [2.75, 3.05) is 19.7 Å². The predicted octanol–water partition coefficient (Wildman–Crippen LogP) is 3.11. The molecule has 1 aliphatic rings. The minimum Gasteiger partial charge on any atom is -0.491 e. The monoisotopic (exact) mass is 447 g/mol. The van der Waals surface area contributed by atoms with Crippen molar-refractivity contribution in [3.8, 4) is 5.75 Å². The third-order valence-electron chi connectivity index (χ3n) is 4.53. The number of ether oxygens (including phenoxy) is 1. The van der Waals surface area contributed by atoms with Crippen LogP contribution < -0.4 is 4.74 Å². The van der Waals surface area contributed by atoms with Crippen LogP contribution in [-0.4, -0.2) is 46.1 Å². The van der Waals surface area contributed by atoms with Gasteiger partial charge in [-0.1, -0.05) is 11.6 Å². The Balaban J connectivity index is 1.82. The van der Waals surface area contributed by atoms with Gasteiger partial charge in [-0.3, -0.25) is 0 Å². The normalized spacial score (nSPS) is 18.3. The number of sulfone groups is 1. The fourth-order valence-electron chi connectivity index (χ4n) is 3.05. The fourth-order valence-corrected chi connectivity index (χ4v) is 6.47. The smallest absolute Gasteiger partial charge is 0.243 e. The van der Waals surface area contributed by atoms with Gasteiger partial charge in [0.05, 0.1) is 21.6 Å². The first kappa shape index (κ1) is 21.0. The molecule has 152 valence electrons. The zero-order chi connectivity index (χ0) is 20.5. The van der Waals surface area contributed by atoms with Crippen LogP contribution >= 0.6 is 11.6 Å². The van der Waals surface area contributed by atoms with Crippen molar-refractivity contribution >= 4 is 31.5 Å². The highest BCUT2D eigenvalue weighted by Crippen LogP contribution is 2.30. The van der Waals surface area contributed by atoms with E-state index in [4.69, 9.17) is 16.3 Å². The summed E-state index contributed by atoms with van der Waals surface area (Å²) in [6.45, 7) is 1.78. The average Bonchev–Trinajstić information content (AvgIpc) is 3.16. The molecule has 3 rings (SSSR count). The Hall–Kier alpha value is -1.68. The lowest BCUT2D eigenvalue weighted by Crippen LogP contribution is -2.32. The van der Waals surface area contributed by atoms with Gasteiger partial charge in [0.1, 0.15) is 0 Å². The largest absolute Gasteiger partial charge is 0.491 e. The number of halogens is 2. The first-order valence-electron chi connectivity index (χ1n) is 8.58. The van der Waals surface area contributed by atoms with E-state index in [1.165, 1.54) is 36.4 Å². The topological polar surface area (TPSA) is 80.8 Å². The molecule has 0 N–H and O–H groups in total. The van der Waals surface area contributed by atoms with Crippen LogP contribution in [0.5, 0.6) is 5.75 Å². The lowest BCUT2D eigenvalue weighted by Gasteiger charge is -2.17. The van der Waals surface area contributed by atoms with Gasteiger partial charge in [0, 0.05) is 18.1 Å². The van der Waals surface area contributed by atoms with Crippen LogP contribution in [0, 0.1) is 5.82 Å². The minimum absolute atomic E-state index is 0.0361. The van der Waals surface area contributed by atoms with Crippen molar-refractivity contribution < 1.29 is 26.0 Å². The second-order valence-electron chi connectivity index (χ2n) is 6.30. The SMILES string of the molecule is CCOc1ccc(S(=O)(=O)N2CC[C@H](S(=O)(=O)c3ccc(Cl)cc3)C2)cc1F. The van der Waals surface area contributed by atoms with Crippen molar-refractivity contribution in [3.05, 3.63) is 53.3 Å². The fraction of sp³-hybridized carbons (Fsp3) is 0.333. The van der Waals surface area contributed by atoms with Crippen molar-refractivity contribution in [1.29, 1.82) is 0 Å². The number of hydrogen-bond donors (Lipinski definition) is 0. The molecule has 2 aromatic rings. The standard InChI is InChI=1S/C18H19ClFNO5S2/c1-2-26-18-8-7-15(11-17(18)20)28(24,25)21-10-9-16(12-21)27(22,23)14-5-3-13(19)4-6-14/h3-8,11,16H,2,9-10,12H2,1H3/t16-/m0/s1. The molecule has 1 heterocycles. The summed E-state index contributed by atoms with van der Waals surface area (Å²) >= 11 is 5.79. The summed E-state index contributed by atoms with van der Waals surface area (Å²) in [5.74, 6) is -0.821. The third kappa shape index (κ3) is 4.03. The van der Waals surface area contributed by atoms with E-state index in [9.17, 15) is 21.2 Å². The van der Waals surface area contributed by atoms with Crippen molar-refractivity contribution in [1.82, 2.24) is 4.31 Å². The van der Waals surface area contributed by atoms with Crippen LogP contribution in [0.25, 0.3) is 0 Å². The van der Waals surface area contributed by atoms with Gasteiger partial charge in [0.15, 0.2) is 21.4 Å². The van der Waals surface area contributed by atoms with Crippen molar-refractivity contribution in [2.45, 2.75) is 28.4 Å². The molecule has 0 saturated carbocycles. The summed E-state index contributed by atoms with van der Waals surface area (Å²) in [6.07, 6.45) is 0.156. The number of sulfonamides is 1. The van der Waals surface area contributed by atoms with Crippen LogP contribution in [0.4, 0.5) is 4.39 Å². The molecule has 0 aliphatic carbocycles. The second kappa shape index (κ2) is 7.98. The third-order valence-corrected chi connectivity index (χ3v) is 8.83. The quantitative estimate of drug-likeness (QED) is 0.679. The molecule has 0 radical (unpaired) electrons. The van der Waals surface area contributed by atoms with Crippen LogP contribution in [-0.2, 0) is 19.9 Å². The summed E-state index contributed by atoms with van der Waals surface area (Å²) < 4.78 is 71.4. The van der Waals surface area contributed by atoms with E-state index in [1.54, 1.807) is 6.92 Å². The Morgan fingerprint density at radius 3 is 2.36 bits per heavy atom. The highest BCUT2D eigenvalue weighted by Gasteiger charge is 2.39. The Labute approximate surface area is 168 Å². The van der Waals surface area contributed by atoms with E-state index in [0.29, 0.717) is 5.02 Å². The highest BCUT2D eigenvalue weighted by molar-refractivity contribution is 7.92. The molecule has 0 unspecified atom stereocenters. The molecule has 10 heteroatoms. The van der Waals surface area contributed by atoms with E-state index in [-0.39, 0.29) is 41.7 Å². The number of rotatable bonds is 6. The summed E-state index contributed by atoms with van der Waals surface area (Å²) in [5.41, 5.74) is 0. The van der Waals surface area contributed by atoms with Gasteiger partial charge < -0.3 is 4.74 Å². The van der Waals surface area contributed by atoms with E-state index in [0.717, 1.165) is 10.4 Å². The van der Waals surface area contributed by atoms with Gasteiger partial charge >= 0.3 is 0 Å². The predicted molar refractivity (Wildman–Crippen MR) is 103 cm³/mol. The number of benzene rings is 2. The molecule has 0 aromatic heterocycles. The highest BCUT2D eigenvalue weighted by atomic mass is 35.5. The van der Waals surface area contributed by atoms with Crippen LogP contribution in [0.1, 0.15) is 13.3 Å². The molecule has 0 bridgehead atoms. The zero-order valence-corrected chi connectivity index (χ0v) is 17.4. The van der Waals surface area contributed by atoms with Gasteiger partial charge in [0.2, 0.25) is 10.0 Å². The Kier molecular flexibility index (Phi) is 6.00. The number of hydrogen-bond acceptors (Lipinski definition) is 5. The molecule has 0 spiro atoms. The summed E-state index contributed by atoms with van der Waals surface area (Å²) in [4.78, 5) is -0.147. The Morgan fingerprint density at radius 1 is 1.11 bits per heavy atom. The Bertz CT molecular complexity index is 1070. The maximum absolute atomic E-state index is 14.1. The van der Waals surface area contributed by atoms with E-state index in [2.05, 4.69) is 0 Å². The summed E-state index contributed by atoms with van der Waals surface area (Å²) in [6, 6.07) is 9.14. The molecule has 0 amide bonds. The lowest BCUT2D eigenvalue weighted by molar-refractivity contribution is 0.321. The van der Waals surface area contributed by atoms with Gasteiger partial charge in [-0.05, 0) is 55.8 Å². The van der Waals surface area contributed by atoms with Gasteiger partial charge in [-0.25, -0.2) is 21.2 Å². The average molecular weight is 448 g/mol. The van der Waals surface area contributed by atoms with Gasteiger partial charge in [-0.2, -0.15) is 4.31 Å². The molecule has 6 nitrogen and oxygen atoms in total. The van der Waals surface area contributed by atoms with E-state index < -0.39 is 30.9 Å². The van der Waals surface area contributed by atoms with Crippen LogP contribution in [0.3, 0.4) is 0 Å². The molecule has 1 saturated heterocycles. The molecular formula is C18H19ClFNO5S2. The number of nitrogens with zero attached hydrogens (tertiary/aromatic N) is 1. The molecule has 2 aromatic carbocycles. The lowest BCUT2D eigenvalue weighted by atomic mass is 10.3. The first-order chi connectivity index (χ1) is 13.2.